The first-order valence-corrected chi connectivity index (χ1v) is 20.0. The van der Waals surface area contributed by atoms with Gasteiger partial charge >= 0.3 is 6.09 Å². The molecule has 0 unspecified atom stereocenters. The Morgan fingerprint density at radius 1 is 0.840 bits per heavy atom. The van der Waals surface area contributed by atoms with Crippen LogP contribution in [0.4, 0.5) is 4.79 Å². The number of unbranched alkanes of at least 4 members (excludes halogenated alkanes) is 14. The number of rotatable bonds is 28. The first kappa shape index (κ1) is 42.7. The van der Waals surface area contributed by atoms with Gasteiger partial charge in [-0.3, -0.25) is 0 Å². The van der Waals surface area contributed by atoms with Crippen LogP contribution in [0.1, 0.15) is 155 Å². The topological polar surface area (TPSA) is 116 Å². The van der Waals surface area contributed by atoms with E-state index >= 15 is 0 Å². The molecule has 50 heavy (non-hydrogen) atoms. The van der Waals surface area contributed by atoms with Gasteiger partial charge in [-0.2, -0.15) is 0 Å². The van der Waals surface area contributed by atoms with Crippen molar-refractivity contribution in [1.29, 1.82) is 0 Å². The van der Waals surface area contributed by atoms with Crippen molar-refractivity contribution in [3.63, 3.8) is 0 Å². The minimum atomic E-state index is -0.564. The fourth-order valence-electron chi connectivity index (χ4n) is 7.01. The number of carbonyl (C=O) groups excluding carboxylic acids is 1. The molecule has 1 aromatic carbocycles. The highest BCUT2D eigenvalue weighted by atomic mass is 16.8. The predicted molar refractivity (Wildman–Crippen MR) is 198 cm³/mol. The van der Waals surface area contributed by atoms with Crippen molar-refractivity contribution in [2.45, 2.75) is 192 Å². The van der Waals surface area contributed by atoms with Crippen LogP contribution in [0.5, 0.6) is 0 Å². The Labute approximate surface area is 303 Å². The molecule has 2 heterocycles. The zero-order chi connectivity index (χ0) is 35.9. The molecule has 1 aromatic rings. The molecule has 2 saturated heterocycles. The number of alkyl carbamates (subject to hydrolysis) is 1. The molecule has 0 aliphatic carbocycles. The highest BCUT2D eigenvalue weighted by molar-refractivity contribution is 5.68. The number of benzene rings is 1. The normalized spacial score (nSPS) is 22.5. The Morgan fingerprint density at radius 2 is 1.42 bits per heavy atom. The van der Waals surface area contributed by atoms with Crippen molar-refractivity contribution in [3.8, 4) is 0 Å². The molecule has 3 N–H and O–H groups in total. The summed E-state index contributed by atoms with van der Waals surface area (Å²) in [6.45, 7) is 7.64. The maximum absolute atomic E-state index is 11.8. The molecule has 9 heteroatoms. The van der Waals surface area contributed by atoms with Crippen molar-refractivity contribution in [1.82, 2.24) is 5.32 Å². The summed E-state index contributed by atoms with van der Waals surface area (Å²) in [7, 11) is 0. The summed E-state index contributed by atoms with van der Waals surface area (Å²) in [5.74, 6) is -0.468. The summed E-state index contributed by atoms with van der Waals surface area (Å²) in [6, 6.07) is 9.87. The second-order valence-corrected chi connectivity index (χ2v) is 15.6. The maximum Gasteiger partial charge on any atom is 0.408 e. The molecule has 0 radical (unpaired) electrons. The minimum Gasteiger partial charge on any atom is -0.444 e. The van der Waals surface area contributed by atoms with Crippen LogP contribution in [-0.2, 0) is 30.3 Å². The number of aliphatic hydroxyl groups excluding tert-OH is 2. The van der Waals surface area contributed by atoms with Crippen LogP contribution >= 0.6 is 0 Å². The van der Waals surface area contributed by atoms with Crippen molar-refractivity contribution in [2.24, 2.45) is 0 Å². The quantitative estimate of drug-likeness (QED) is 0.0742. The van der Waals surface area contributed by atoms with Gasteiger partial charge in [0.05, 0.1) is 38.1 Å². The van der Waals surface area contributed by atoms with Gasteiger partial charge in [0.15, 0.2) is 5.79 Å². The van der Waals surface area contributed by atoms with Crippen molar-refractivity contribution in [3.05, 3.63) is 35.9 Å². The van der Waals surface area contributed by atoms with Crippen molar-refractivity contribution in [2.75, 3.05) is 26.4 Å². The summed E-state index contributed by atoms with van der Waals surface area (Å²) in [4.78, 5) is 11.8. The molecule has 0 spiro atoms. The monoisotopic (exact) mass is 706 g/mol. The number of fused-ring (bicyclic) bond motifs is 2. The second-order valence-electron chi connectivity index (χ2n) is 15.6. The van der Waals surface area contributed by atoms with E-state index < -0.39 is 29.6 Å². The number of hydrogen-bond acceptors (Lipinski definition) is 8. The van der Waals surface area contributed by atoms with Gasteiger partial charge in [-0.25, -0.2) is 4.79 Å². The first-order valence-electron chi connectivity index (χ1n) is 20.0. The highest BCUT2D eigenvalue weighted by Crippen LogP contribution is 2.44. The van der Waals surface area contributed by atoms with Gasteiger partial charge in [0.25, 0.3) is 0 Å². The van der Waals surface area contributed by atoms with Gasteiger partial charge in [0, 0.05) is 26.1 Å². The summed E-state index contributed by atoms with van der Waals surface area (Å²) >= 11 is 0. The van der Waals surface area contributed by atoms with Gasteiger partial charge < -0.3 is 39.2 Å². The molecule has 288 valence electrons. The van der Waals surface area contributed by atoms with Crippen molar-refractivity contribution < 1.29 is 38.7 Å². The van der Waals surface area contributed by atoms with E-state index in [4.69, 9.17) is 23.7 Å². The van der Waals surface area contributed by atoms with E-state index in [2.05, 4.69) is 17.4 Å². The Hall–Kier alpha value is -1.75. The van der Waals surface area contributed by atoms with Gasteiger partial charge in [-0.15, -0.1) is 0 Å². The number of nitrogens with one attached hydrogen (secondary N) is 1. The van der Waals surface area contributed by atoms with Gasteiger partial charge in [0.1, 0.15) is 11.7 Å². The largest absolute Gasteiger partial charge is 0.444 e. The fourth-order valence-corrected chi connectivity index (χ4v) is 7.01. The Kier molecular flexibility index (Phi) is 20.9. The lowest BCUT2D eigenvalue weighted by molar-refractivity contribution is -0.214. The molecule has 3 rings (SSSR count). The molecular formula is C41H71NO8. The molecule has 9 nitrogen and oxygen atoms in total. The number of ether oxygens (including phenoxy) is 5. The lowest BCUT2D eigenvalue weighted by atomic mass is 9.94. The van der Waals surface area contributed by atoms with E-state index in [1.807, 2.05) is 39.0 Å². The third kappa shape index (κ3) is 18.1. The first-order chi connectivity index (χ1) is 24.2. The number of aliphatic hydroxyl groups is 2. The highest BCUT2D eigenvalue weighted by Gasteiger charge is 2.52. The van der Waals surface area contributed by atoms with Crippen LogP contribution in [0.15, 0.2) is 30.3 Å². The third-order valence-electron chi connectivity index (χ3n) is 9.78. The van der Waals surface area contributed by atoms with E-state index in [-0.39, 0.29) is 18.8 Å². The van der Waals surface area contributed by atoms with E-state index in [0.29, 0.717) is 19.8 Å². The Morgan fingerprint density at radius 3 is 2.04 bits per heavy atom. The van der Waals surface area contributed by atoms with Crippen LogP contribution < -0.4 is 5.32 Å². The summed E-state index contributed by atoms with van der Waals surface area (Å²) in [5, 5.41) is 22.7. The van der Waals surface area contributed by atoms with Gasteiger partial charge in [-0.05, 0) is 58.4 Å². The lowest BCUT2D eigenvalue weighted by Gasteiger charge is -2.33. The summed E-state index contributed by atoms with van der Waals surface area (Å²) in [6.07, 6.45) is 21.8. The van der Waals surface area contributed by atoms with E-state index in [1.54, 1.807) is 0 Å². The molecule has 2 bridgehead atoms. The van der Waals surface area contributed by atoms with Crippen molar-refractivity contribution >= 4 is 6.09 Å². The molecule has 0 saturated carbocycles. The second kappa shape index (κ2) is 24.5. The molecule has 0 aromatic heterocycles. The van der Waals surface area contributed by atoms with Crippen LogP contribution in [-0.4, -0.2) is 78.5 Å². The molecular weight excluding hydrogens is 634 g/mol. The van der Waals surface area contributed by atoms with Crippen LogP contribution in [0.2, 0.25) is 0 Å². The third-order valence-corrected chi connectivity index (χ3v) is 9.78. The fraction of sp³-hybridized carbons (Fsp3) is 0.829. The average Bonchev–Trinajstić information content (AvgIpc) is 3.39. The average molecular weight is 706 g/mol. The molecule has 5 atom stereocenters. The Bertz CT molecular complexity index is 1000. The predicted octanol–water partition coefficient (Wildman–Crippen LogP) is 8.76. The summed E-state index contributed by atoms with van der Waals surface area (Å²) in [5.41, 5.74) is 0.652. The molecule has 2 aliphatic rings. The minimum absolute atomic E-state index is 0.0125. The smallest absolute Gasteiger partial charge is 0.408 e. The lowest BCUT2D eigenvalue weighted by Crippen LogP contribution is -2.43. The number of amides is 1. The van der Waals surface area contributed by atoms with Gasteiger partial charge in [0.2, 0.25) is 0 Å². The molecule has 2 fully saturated rings. The number of carbonyl (C=O) groups is 1. The van der Waals surface area contributed by atoms with E-state index in [0.717, 1.165) is 70.8 Å². The van der Waals surface area contributed by atoms with Crippen LogP contribution in [0.25, 0.3) is 0 Å². The standard InChI is InChI=1S/C41H71NO8/c1-40(2,3)50-39(45)42-35(31-43)33-47-30-21-14-12-10-8-6-4-5-7-9-11-13-20-27-41-28-26-36(44)38(49-41)37(48-41)25-19-16-22-29-46-32-34-23-17-15-18-24-34/h15,17-18,23-24,35-38,43-44H,4-14,16,19-22,25-33H2,1-3H3,(H,42,45)/t35-,36-,37-,38-,41+/m1/s1. The van der Waals surface area contributed by atoms with Gasteiger partial charge in [-0.1, -0.05) is 114 Å². The molecule has 2 aliphatic heterocycles. The zero-order valence-electron chi connectivity index (χ0n) is 31.7. The summed E-state index contributed by atoms with van der Waals surface area (Å²) < 4.78 is 29.6. The maximum atomic E-state index is 11.8. The SMILES string of the molecule is CC(C)(C)OC(=O)N[C@H](CO)COCCCCCCCCCCCCCCC[C@@]12CC[C@@H](O)[C@@H](O1)[C@@H](CCCCCOCc1ccccc1)O2. The van der Waals surface area contributed by atoms with Crippen LogP contribution in [0, 0.1) is 0 Å². The zero-order valence-corrected chi connectivity index (χ0v) is 31.7. The molecule has 1 amide bonds. The van der Waals surface area contributed by atoms with Crippen LogP contribution in [0.3, 0.4) is 0 Å². The van der Waals surface area contributed by atoms with E-state index in [1.165, 1.54) is 69.8 Å². The van der Waals surface area contributed by atoms with E-state index in [9.17, 15) is 15.0 Å². The Balaban J connectivity index is 1.09. The number of hydrogen-bond donors (Lipinski definition) is 3.